The molecule has 0 aromatic heterocycles. The number of aliphatic hydroxyl groups excluding tert-OH is 1. The molecular formula is C13H17N3O3. The van der Waals surface area contributed by atoms with E-state index in [1.165, 1.54) is 4.90 Å². The zero-order chi connectivity index (χ0) is 13.2. The normalized spacial score (nSPS) is 28.5. The minimum absolute atomic E-state index is 0.447. The molecule has 2 atom stereocenters. The van der Waals surface area contributed by atoms with Crippen LogP contribution in [0.15, 0.2) is 30.3 Å². The van der Waals surface area contributed by atoms with Crippen LogP contribution in [0.25, 0.3) is 0 Å². The van der Waals surface area contributed by atoms with Gasteiger partial charge < -0.3 is 15.2 Å². The number of ether oxygens (including phenoxy) is 1. The van der Waals surface area contributed by atoms with Crippen LogP contribution < -0.4 is 10.2 Å². The van der Waals surface area contributed by atoms with Crippen LogP contribution in [-0.4, -0.2) is 54.7 Å². The SMILES string of the molecule is O=C1OC(O)C(N2CCNCC2)N1c1ccccc1. The highest BCUT2D eigenvalue weighted by Gasteiger charge is 2.45. The van der Waals surface area contributed by atoms with Gasteiger partial charge in [0.15, 0.2) is 6.17 Å². The number of nitrogens with zero attached hydrogens (tertiary/aromatic N) is 2. The smallest absolute Gasteiger partial charge is 0.416 e. The van der Waals surface area contributed by atoms with Crippen molar-refractivity contribution in [3.8, 4) is 0 Å². The summed E-state index contributed by atoms with van der Waals surface area (Å²) in [4.78, 5) is 15.5. The molecule has 2 aliphatic rings. The van der Waals surface area contributed by atoms with E-state index in [0.717, 1.165) is 31.9 Å². The number of anilines is 1. The molecule has 6 nitrogen and oxygen atoms in total. The summed E-state index contributed by atoms with van der Waals surface area (Å²) >= 11 is 0. The summed E-state index contributed by atoms with van der Waals surface area (Å²) in [5, 5.41) is 13.2. The van der Waals surface area contributed by atoms with Gasteiger partial charge >= 0.3 is 6.09 Å². The monoisotopic (exact) mass is 263 g/mol. The number of piperazine rings is 1. The predicted octanol–water partition coefficient (Wildman–Crippen LogP) is 0.193. The Labute approximate surface area is 111 Å². The third-order valence-electron chi connectivity index (χ3n) is 3.50. The van der Waals surface area contributed by atoms with Crippen molar-refractivity contribution < 1.29 is 14.6 Å². The average Bonchev–Trinajstić information content (AvgIpc) is 2.75. The van der Waals surface area contributed by atoms with Gasteiger partial charge in [0.2, 0.25) is 6.29 Å². The highest BCUT2D eigenvalue weighted by molar-refractivity contribution is 5.90. The van der Waals surface area contributed by atoms with Gasteiger partial charge in [-0.1, -0.05) is 18.2 Å². The molecule has 2 fully saturated rings. The van der Waals surface area contributed by atoms with Crippen molar-refractivity contribution in [2.75, 3.05) is 31.1 Å². The average molecular weight is 263 g/mol. The van der Waals surface area contributed by atoms with Gasteiger partial charge in [0, 0.05) is 31.9 Å². The van der Waals surface area contributed by atoms with E-state index in [4.69, 9.17) is 4.74 Å². The van der Waals surface area contributed by atoms with Gasteiger partial charge in [-0.2, -0.15) is 0 Å². The Morgan fingerprint density at radius 1 is 1.21 bits per heavy atom. The first-order valence-corrected chi connectivity index (χ1v) is 6.45. The van der Waals surface area contributed by atoms with E-state index in [1.54, 1.807) is 0 Å². The Balaban J connectivity index is 1.88. The van der Waals surface area contributed by atoms with E-state index in [1.807, 2.05) is 30.3 Å². The number of nitrogens with one attached hydrogen (secondary N) is 1. The third-order valence-corrected chi connectivity index (χ3v) is 3.50. The highest BCUT2D eigenvalue weighted by atomic mass is 16.7. The van der Waals surface area contributed by atoms with E-state index in [0.29, 0.717) is 0 Å². The van der Waals surface area contributed by atoms with Crippen molar-refractivity contribution >= 4 is 11.8 Å². The second-order valence-electron chi connectivity index (χ2n) is 4.68. The lowest BCUT2D eigenvalue weighted by molar-refractivity contribution is -0.0703. The van der Waals surface area contributed by atoms with Crippen molar-refractivity contribution in [1.82, 2.24) is 10.2 Å². The summed E-state index contributed by atoms with van der Waals surface area (Å²) in [5.41, 5.74) is 0.743. The fourth-order valence-corrected chi connectivity index (χ4v) is 2.59. The van der Waals surface area contributed by atoms with Crippen molar-refractivity contribution in [1.29, 1.82) is 0 Å². The van der Waals surface area contributed by atoms with E-state index >= 15 is 0 Å². The zero-order valence-electron chi connectivity index (χ0n) is 10.5. The Bertz CT molecular complexity index is 448. The van der Waals surface area contributed by atoms with Gasteiger partial charge in [-0.05, 0) is 12.1 Å². The van der Waals surface area contributed by atoms with Gasteiger partial charge in [-0.25, -0.2) is 4.79 Å². The maximum absolute atomic E-state index is 11.9. The fraction of sp³-hybridized carbons (Fsp3) is 0.462. The summed E-state index contributed by atoms with van der Waals surface area (Å²) in [6.45, 7) is 3.25. The molecule has 19 heavy (non-hydrogen) atoms. The van der Waals surface area contributed by atoms with Gasteiger partial charge in [0.05, 0.1) is 0 Å². The standard InChI is InChI=1S/C13H17N3O3/c17-12-11(15-8-6-14-7-9-15)16(13(18)19-12)10-4-2-1-3-5-10/h1-5,11-12,14,17H,6-9H2. The first-order chi connectivity index (χ1) is 9.27. The molecule has 2 heterocycles. The van der Waals surface area contributed by atoms with Crippen LogP contribution in [-0.2, 0) is 4.74 Å². The van der Waals surface area contributed by atoms with E-state index in [-0.39, 0.29) is 0 Å². The molecule has 2 saturated heterocycles. The largest absolute Gasteiger partial charge is 0.418 e. The summed E-state index contributed by atoms with van der Waals surface area (Å²) in [7, 11) is 0. The maximum Gasteiger partial charge on any atom is 0.418 e. The summed E-state index contributed by atoms with van der Waals surface area (Å²) in [6, 6.07) is 9.30. The van der Waals surface area contributed by atoms with Gasteiger partial charge in [-0.3, -0.25) is 9.80 Å². The number of cyclic esters (lactones) is 1. The summed E-state index contributed by atoms with van der Waals surface area (Å²) in [5.74, 6) is 0. The number of para-hydroxylation sites is 1. The second-order valence-corrected chi connectivity index (χ2v) is 4.68. The lowest BCUT2D eigenvalue weighted by Crippen LogP contribution is -2.56. The van der Waals surface area contributed by atoms with E-state index in [9.17, 15) is 9.90 Å². The Morgan fingerprint density at radius 3 is 2.58 bits per heavy atom. The van der Waals surface area contributed by atoms with E-state index in [2.05, 4.69) is 10.2 Å². The Hall–Kier alpha value is -1.63. The van der Waals surface area contributed by atoms with Gasteiger partial charge in [-0.15, -0.1) is 0 Å². The predicted molar refractivity (Wildman–Crippen MR) is 69.6 cm³/mol. The number of rotatable bonds is 2. The lowest BCUT2D eigenvalue weighted by atomic mass is 10.2. The number of hydrogen-bond donors (Lipinski definition) is 2. The first kappa shape index (κ1) is 12.4. The van der Waals surface area contributed by atoms with Crippen molar-refractivity contribution in [2.24, 2.45) is 0 Å². The molecule has 0 bridgehead atoms. The Morgan fingerprint density at radius 2 is 1.89 bits per heavy atom. The van der Waals surface area contributed by atoms with Crippen molar-refractivity contribution in [3.05, 3.63) is 30.3 Å². The van der Waals surface area contributed by atoms with Crippen LogP contribution in [0.3, 0.4) is 0 Å². The number of amides is 1. The number of benzene rings is 1. The summed E-state index contributed by atoms with van der Waals surface area (Å²) < 4.78 is 4.97. The van der Waals surface area contributed by atoms with Crippen LogP contribution in [0.1, 0.15) is 0 Å². The maximum atomic E-state index is 11.9. The molecule has 2 N–H and O–H groups in total. The third kappa shape index (κ3) is 2.30. The molecule has 102 valence electrons. The zero-order valence-corrected chi connectivity index (χ0v) is 10.5. The summed E-state index contributed by atoms with van der Waals surface area (Å²) in [6.07, 6.45) is -2.05. The molecule has 2 unspecified atom stereocenters. The first-order valence-electron chi connectivity index (χ1n) is 6.45. The fourth-order valence-electron chi connectivity index (χ4n) is 2.59. The number of carbonyl (C=O) groups excluding carboxylic acids is 1. The van der Waals surface area contributed by atoms with Crippen molar-refractivity contribution in [2.45, 2.75) is 12.5 Å². The molecule has 6 heteroatoms. The number of aliphatic hydroxyl groups is 1. The quantitative estimate of drug-likeness (QED) is 0.797. The lowest BCUT2D eigenvalue weighted by Gasteiger charge is -2.36. The topological polar surface area (TPSA) is 65.0 Å². The molecule has 0 spiro atoms. The van der Waals surface area contributed by atoms with Crippen LogP contribution in [0.2, 0.25) is 0 Å². The van der Waals surface area contributed by atoms with Gasteiger partial charge in [0.25, 0.3) is 0 Å². The molecular weight excluding hydrogens is 246 g/mol. The molecule has 3 rings (SSSR count). The second kappa shape index (κ2) is 5.16. The van der Waals surface area contributed by atoms with Gasteiger partial charge in [0.1, 0.15) is 0 Å². The molecule has 2 aliphatic heterocycles. The van der Waals surface area contributed by atoms with Crippen LogP contribution in [0.4, 0.5) is 10.5 Å². The van der Waals surface area contributed by atoms with Crippen LogP contribution in [0.5, 0.6) is 0 Å². The highest BCUT2D eigenvalue weighted by Crippen LogP contribution is 2.28. The number of carbonyl (C=O) groups is 1. The number of hydrogen-bond acceptors (Lipinski definition) is 5. The molecule has 1 aromatic rings. The molecule has 0 aliphatic carbocycles. The molecule has 0 radical (unpaired) electrons. The minimum Gasteiger partial charge on any atom is -0.416 e. The molecule has 1 aromatic carbocycles. The molecule has 1 amide bonds. The van der Waals surface area contributed by atoms with E-state index < -0.39 is 18.5 Å². The molecule has 0 saturated carbocycles. The Kier molecular flexibility index (Phi) is 3.37. The van der Waals surface area contributed by atoms with Crippen LogP contribution >= 0.6 is 0 Å². The van der Waals surface area contributed by atoms with Crippen molar-refractivity contribution in [3.63, 3.8) is 0 Å². The van der Waals surface area contributed by atoms with Crippen LogP contribution in [0, 0.1) is 0 Å². The minimum atomic E-state index is -1.11.